The zero-order valence-corrected chi connectivity index (χ0v) is 15.1. The van der Waals surface area contributed by atoms with Gasteiger partial charge in [0, 0.05) is 18.7 Å². The topological polar surface area (TPSA) is 84.5 Å². The van der Waals surface area contributed by atoms with Gasteiger partial charge < -0.3 is 10.2 Å². The Bertz CT molecular complexity index is 975. The minimum absolute atomic E-state index is 0.116. The fraction of sp³-hybridized carbons (Fsp3) is 0.333. The Kier molecular flexibility index (Phi) is 5.13. The summed E-state index contributed by atoms with van der Waals surface area (Å²) >= 11 is 0. The molecule has 0 unspecified atom stereocenters. The first-order valence-corrected chi connectivity index (χ1v) is 8.40. The molecule has 2 heterocycles. The second kappa shape index (κ2) is 7.49. The molecule has 2 aromatic heterocycles. The minimum Gasteiger partial charge on any atom is -0.353 e. The summed E-state index contributed by atoms with van der Waals surface area (Å²) in [5.74, 6) is 0.302. The third-order valence-corrected chi connectivity index (χ3v) is 3.98. The van der Waals surface area contributed by atoms with E-state index in [1.807, 2.05) is 49.3 Å². The van der Waals surface area contributed by atoms with Crippen molar-refractivity contribution in [3.63, 3.8) is 0 Å². The number of aryl methyl sites for hydroxylation is 1. The van der Waals surface area contributed by atoms with Crippen LogP contribution in [0.15, 0.2) is 41.2 Å². The molecule has 0 saturated carbocycles. The zero-order chi connectivity index (χ0) is 18.7. The highest BCUT2D eigenvalue weighted by molar-refractivity contribution is 5.75. The van der Waals surface area contributed by atoms with Crippen molar-refractivity contribution < 1.29 is 4.79 Å². The summed E-state index contributed by atoms with van der Waals surface area (Å²) in [5.41, 5.74) is 1.68. The van der Waals surface area contributed by atoms with Gasteiger partial charge in [0.15, 0.2) is 0 Å². The van der Waals surface area contributed by atoms with Crippen molar-refractivity contribution in [1.82, 2.24) is 29.6 Å². The highest BCUT2D eigenvalue weighted by Crippen LogP contribution is 2.18. The van der Waals surface area contributed by atoms with Crippen LogP contribution >= 0.6 is 0 Å². The van der Waals surface area contributed by atoms with Crippen LogP contribution in [0.4, 0.5) is 0 Å². The van der Waals surface area contributed by atoms with Crippen molar-refractivity contribution in [2.45, 2.75) is 13.5 Å². The molecule has 0 aliphatic carbocycles. The van der Waals surface area contributed by atoms with Crippen LogP contribution in [0.2, 0.25) is 0 Å². The fourth-order valence-electron chi connectivity index (χ4n) is 2.64. The lowest BCUT2D eigenvalue weighted by Gasteiger charge is -2.11. The number of aromatic nitrogens is 4. The molecular formula is C18H22N6O2. The van der Waals surface area contributed by atoms with Crippen LogP contribution in [0.25, 0.3) is 16.8 Å². The van der Waals surface area contributed by atoms with Crippen LogP contribution in [0.3, 0.4) is 0 Å². The maximum Gasteiger partial charge on any atom is 0.293 e. The smallest absolute Gasteiger partial charge is 0.293 e. The molecule has 0 atom stereocenters. The van der Waals surface area contributed by atoms with Crippen molar-refractivity contribution in [3.05, 3.63) is 52.6 Å². The van der Waals surface area contributed by atoms with E-state index in [9.17, 15) is 9.59 Å². The first-order valence-electron chi connectivity index (χ1n) is 8.40. The number of fused-ring (bicyclic) bond motifs is 1. The lowest BCUT2D eigenvalue weighted by molar-refractivity contribution is -0.121. The largest absolute Gasteiger partial charge is 0.353 e. The monoisotopic (exact) mass is 354 g/mol. The summed E-state index contributed by atoms with van der Waals surface area (Å²) in [4.78, 5) is 26.7. The van der Waals surface area contributed by atoms with Gasteiger partial charge in [-0.2, -0.15) is 10.2 Å². The van der Waals surface area contributed by atoms with Gasteiger partial charge in [-0.15, -0.1) is 0 Å². The van der Waals surface area contributed by atoms with Crippen molar-refractivity contribution in [2.24, 2.45) is 0 Å². The number of amides is 1. The van der Waals surface area contributed by atoms with E-state index >= 15 is 0 Å². The third kappa shape index (κ3) is 3.80. The summed E-state index contributed by atoms with van der Waals surface area (Å²) in [6.07, 6.45) is 0. The molecule has 0 aliphatic heterocycles. The number of nitrogens with zero attached hydrogens (tertiary/aromatic N) is 5. The second-order valence-corrected chi connectivity index (χ2v) is 6.36. The Morgan fingerprint density at radius 1 is 1.19 bits per heavy atom. The molecular weight excluding hydrogens is 332 g/mol. The second-order valence-electron chi connectivity index (χ2n) is 6.36. The molecule has 1 N–H and O–H groups in total. The molecule has 0 aliphatic rings. The number of hydrogen-bond donors (Lipinski definition) is 1. The zero-order valence-electron chi connectivity index (χ0n) is 15.1. The molecule has 1 amide bonds. The fourth-order valence-corrected chi connectivity index (χ4v) is 2.64. The maximum atomic E-state index is 12.7. The van der Waals surface area contributed by atoms with E-state index in [0.29, 0.717) is 23.6 Å². The van der Waals surface area contributed by atoms with E-state index in [1.54, 1.807) is 13.0 Å². The molecule has 26 heavy (non-hydrogen) atoms. The van der Waals surface area contributed by atoms with E-state index in [0.717, 1.165) is 12.1 Å². The number of rotatable bonds is 6. The first-order chi connectivity index (χ1) is 12.5. The summed E-state index contributed by atoms with van der Waals surface area (Å²) < 4.78 is 2.71. The van der Waals surface area contributed by atoms with Gasteiger partial charge in [-0.05, 0) is 27.1 Å². The average molecular weight is 354 g/mol. The lowest BCUT2D eigenvalue weighted by Crippen LogP contribution is -2.37. The molecule has 1 aromatic carbocycles. The van der Waals surface area contributed by atoms with E-state index in [1.165, 1.54) is 9.20 Å². The predicted molar refractivity (Wildman–Crippen MR) is 99.0 cm³/mol. The highest BCUT2D eigenvalue weighted by atomic mass is 16.2. The van der Waals surface area contributed by atoms with E-state index < -0.39 is 0 Å². The number of carbonyl (C=O) groups excluding carboxylic acids is 1. The van der Waals surface area contributed by atoms with Crippen LogP contribution in [-0.4, -0.2) is 57.4 Å². The molecule has 8 nitrogen and oxygen atoms in total. The number of nitrogens with one attached hydrogen (secondary N) is 1. The summed E-state index contributed by atoms with van der Waals surface area (Å²) in [6.45, 7) is 2.89. The van der Waals surface area contributed by atoms with Crippen LogP contribution in [0.1, 0.15) is 5.82 Å². The van der Waals surface area contributed by atoms with Gasteiger partial charge in [-0.3, -0.25) is 9.59 Å². The minimum atomic E-state index is -0.340. The van der Waals surface area contributed by atoms with E-state index in [2.05, 4.69) is 15.5 Å². The van der Waals surface area contributed by atoms with Gasteiger partial charge >= 0.3 is 0 Å². The molecule has 0 spiro atoms. The summed E-state index contributed by atoms with van der Waals surface area (Å²) in [5, 5.41) is 11.5. The van der Waals surface area contributed by atoms with Gasteiger partial charge in [0.25, 0.3) is 5.56 Å². The SMILES string of the molecule is Cc1nn(CC(=O)NCCN(C)C)c(=O)c2cc(-c3ccccc3)nn12. The summed E-state index contributed by atoms with van der Waals surface area (Å²) in [6, 6.07) is 11.4. The molecule has 136 valence electrons. The first kappa shape index (κ1) is 17.8. The van der Waals surface area contributed by atoms with Gasteiger partial charge in [0.05, 0.1) is 5.69 Å². The predicted octanol–water partition coefficient (Wildman–Crippen LogP) is 0.544. The number of benzene rings is 1. The Hall–Kier alpha value is -3.00. The van der Waals surface area contributed by atoms with Crippen molar-refractivity contribution in [3.8, 4) is 11.3 Å². The Balaban J connectivity index is 1.88. The molecule has 0 bridgehead atoms. The Morgan fingerprint density at radius 3 is 2.62 bits per heavy atom. The molecule has 0 saturated heterocycles. The van der Waals surface area contributed by atoms with Gasteiger partial charge in [-0.25, -0.2) is 9.20 Å². The standard InChI is InChI=1S/C18H22N6O2/c1-13-20-23(12-17(25)19-9-10-22(2)3)18(26)16-11-15(21-24(13)16)14-7-5-4-6-8-14/h4-8,11H,9-10,12H2,1-3H3,(H,19,25). The molecule has 0 fully saturated rings. The van der Waals surface area contributed by atoms with Crippen LogP contribution in [-0.2, 0) is 11.3 Å². The van der Waals surface area contributed by atoms with Crippen molar-refractivity contribution in [2.75, 3.05) is 27.2 Å². The lowest BCUT2D eigenvalue weighted by atomic mass is 10.1. The number of carbonyl (C=O) groups is 1. The van der Waals surface area contributed by atoms with Crippen LogP contribution < -0.4 is 10.9 Å². The van der Waals surface area contributed by atoms with Crippen LogP contribution in [0, 0.1) is 6.92 Å². The number of likely N-dealkylation sites (N-methyl/N-ethyl adjacent to an activating group) is 1. The quantitative estimate of drug-likeness (QED) is 0.699. The normalized spacial score (nSPS) is 11.2. The van der Waals surface area contributed by atoms with Crippen LogP contribution in [0.5, 0.6) is 0 Å². The van der Waals surface area contributed by atoms with Crippen molar-refractivity contribution in [1.29, 1.82) is 0 Å². The molecule has 3 aromatic rings. The maximum absolute atomic E-state index is 12.7. The van der Waals surface area contributed by atoms with Crippen molar-refractivity contribution >= 4 is 11.4 Å². The van der Waals surface area contributed by atoms with E-state index in [4.69, 9.17) is 0 Å². The molecule has 3 rings (SSSR count). The third-order valence-electron chi connectivity index (χ3n) is 3.98. The molecule has 0 radical (unpaired) electrons. The van der Waals surface area contributed by atoms with E-state index in [-0.39, 0.29) is 18.0 Å². The average Bonchev–Trinajstić information content (AvgIpc) is 3.06. The van der Waals surface area contributed by atoms with Gasteiger partial charge in [-0.1, -0.05) is 30.3 Å². The number of hydrogen-bond acceptors (Lipinski definition) is 5. The van der Waals surface area contributed by atoms with Gasteiger partial charge in [0.1, 0.15) is 17.9 Å². The Morgan fingerprint density at radius 2 is 1.92 bits per heavy atom. The van der Waals surface area contributed by atoms with Gasteiger partial charge in [0.2, 0.25) is 5.91 Å². The molecule has 8 heteroatoms. The highest BCUT2D eigenvalue weighted by Gasteiger charge is 2.14. The summed E-state index contributed by atoms with van der Waals surface area (Å²) in [7, 11) is 3.86. The Labute approximate surface area is 151 Å².